The van der Waals surface area contributed by atoms with E-state index in [-0.39, 0.29) is 6.10 Å². The molecular formula is C17H24N2O2. The lowest BCUT2D eigenvalue weighted by Gasteiger charge is -2.15. The van der Waals surface area contributed by atoms with Crippen molar-refractivity contribution in [3.05, 3.63) is 29.8 Å². The van der Waals surface area contributed by atoms with Crippen LogP contribution in [0.25, 0.3) is 0 Å². The van der Waals surface area contributed by atoms with E-state index in [1.54, 1.807) is 0 Å². The van der Waals surface area contributed by atoms with E-state index in [0.29, 0.717) is 18.9 Å². The van der Waals surface area contributed by atoms with Gasteiger partial charge in [0, 0.05) is 19.5 Å². The standard InChI is InChI=1S/C17H24N2O2/c18-9-1-2-10-21-16-7-3-5-14(11-16)12-19-13-15-6-4-8-17(15)20/h3,5,7,11,15,17,19-20H,1-2,4,6,8,10,12-13H2. The Morgan fingerprint density at radius 2 is 2.29 bits per heavy atom. The summed E-state index contributed by atoms with van der Waals surface area (Å²) < 4.78 is 5.63. The van der Waals surface area contributed by atoms with Gasteiger partial charge in [-0.05, 0) is 42.9 Å². The lowest BCUT2D eigenvalue weighted by atomic mass is 10.1. The second-order valence-corrected chi connectivity index (χ2v) is 5.65. The van der Waals surface area contributed by atoms with E-state index in [4.69, 9.17) is 10.00 Å². The number of rotatable bonds is 8. The molecule has 114 valence electrons. The molecule has 2 N–H and O–H groups in total. The topological polar surface area (TPSA) is 65.3 Å². The first-order chi connectivity index (χ1) is 10.3. The van der Waals surface area contributed by atoms with E-state index in [9.17, 15) is 5.11 Å². The van der Waals surface area contributed by atoms with Gasteiger partial charge in [-0.15, -0.1) is 0 Å². The Kier molecular flexibility index (Phi) is 6.52. The number of nitrogens with zero attached hydrogens (tertiary/aromatic N) is 1. The van der Waals surface area contributed by atoms with Crippen molar-refractivity contribution in [1.29, 1.82) is 5.26 Å². The van der Waals surface area contributed by atoms with Crippen molar-refractivity contribution in [2.75, 3.05) is 13.2 Å². The molecule has 0 aromatic heterocycles. The zero-order chi connectivity index (χ0) is 14.9. The molecule has 1 aromatic rings. The van der Waals surface area contributed by atoms with E-state index in [2.05, 4.69) is 17.5 Å². The number of aliphatic hydroxyl groups excluding tert-OH is 1. The second-order valence-electron chi connectivity index (χ2n) is 5.65. The fraction of sp³-hybridized carbons (Fsp3) is 0.588. The first kappa shape index (κ1) is 15.8. The molecule has 0 saturated heterocycles. The molecule has 4 heteroatoms. The zero-order valence-corrected chi connectivity index (χ0v) is 12.4. The van der Waals surface area contributed by atoms with Crippen molar-refractivity contribution >= 4 is 0 Å². The Hall–Kier alpha value is -1.57. The predicted molar refractivity (Wildman–Crippen MR) is 81.8 cm³/mol. The molecule has 1 saturated carbocycles. The minimum atomic E-state index is -0.132. The number of hydrogen-bond donors (Lipinski definition) is 2. The number of nitriles is 1. The summed E-state index contributed by atoms with van der Waals surface area (Å²) in [6.45, 7) is 2.24. The summed E-state index contributed by atoms with van der Waals surface area (Å²) in [6, 6.07) is 10.1. The Morgan fingerprint density at radius 1 is 1.38 bits per heavy atom. The van der Waals surface area contributed by atoms with Crippen molar-refractivity contribution < 1.29 is 9.84 Å². The fourth-order valence-electron chi connectivity index (χ4n) is 2.74. The molecule has 1 aliphatic rings. The molecule has 0 spiro atoms. The van der Waals surface area contributed by atoms with Crippen molar-refractivity contribution in [2.45, 2.75) is 44.8 Å². The molecule has 2 unspecified atom stereocenters. The van der Waals surface area contributed by atoms with Crippen LogP contribution in [0.3, 0.4) is 0 Å². The van der Waals surface area contributed by atoms with Crippen molar-refractivity contribution in [1.82, 2.24) is 5.32 Å². The molecule has 0 heterocycles. The monoisotopic (exact) mass is 288 g/mol. The number of nitrogens with one attached hydrogen (secondary N) is 1. The van der Waals surface area contributed by atoms with E-state index in [1.807, 2.05) is 18.2 Å². The molecular weight excluding hydrogens is 264 g/mol. The van der Waals surface area contributed by atoms with Crippen LogP contribution in [0.4, 0.5) is 0 Å². The SMILES string of the molecule is N#CCCCOc1cccc(CNCC2CCCC2O)c1. The number of ether oxygens (including phenoxy) is 1. The first-order valence-corrected chi connectivity index (χ1v) is 7.77. The number of benzene rings is 1. The summed E-state index contributed by atoms with van der Waals surface area (Å²) >= 11 is 0. The largest absolute Gasteiger partial charge is 0.494 e. The highest BCUT2D eigenvalue weighted by Crippen LogP contribution is 2.24. The molecule has 1 aliphatic carbocycles. The van der Waals surface area contributed by atoms with Crippen LogP contribution >= 0.6 is 0 Å². The van der Waals surface area contributed by atoms with Crippen molar-refractivity contribution in [3.8, 4) is 11.8 Å². The van der Waals surface area contributed by atoms with Gasteiger partial charge < -0.3 is 15.2 Å². The van der Waals surface area contributed by atoms with E-state index in [0.717, 1.165) is 44.5 Å². The van der Waals surface area contributed by atoms with Crippen LogP contribution in [-0.2, 0) is 6.54 Å². The third-order valence-electron chi connectivity index (χ3n) is 3.95. The average Bonchev–Trinajstić information content (AvgIpc) is 2.90. The minimum absolute atomic E-state index is 0.132. The van der Waals surface area contributed by atoms with E-state index >= 15 is 0 Å². The first-order valence-electron chi connectivity index (χ1n) is 7.77. The van der Waals surface area contributed by atoms with Gasteiger partial charge in [-0.3, -0.25) is 0 Å². The number of unbranched alkanes of at least 4 members (excludes halogenated alkanes) is 1. The van der Waals surface area contributed by atoms with E-state index < -0.39 is 0 Å². The third-order valence-corrected chi connectivity index (χ3v) is 3.95. The predicted octanol–water partition coefficient (Wildman–Crippen LogP) is 2.62. The number of aliphatic hydroxyl groups is 1. The fourth-order valence-corrected chi connectivity index (χ4v) is 2.74. The maximum absolute atomic E-state index is 9.79. The highest BCUT2D eigenvalue weighted by atomic mass is 16.5. The van der Waals surface area contributed by atoms with Gasteiger partial charge in [-0.25, -0.2) is 0 Å². The average molecular weight is 288 g/mol. The smallest absolute Gasteiger partial charge is 0.119 e. The zero-order valence-electron chi connectivity index (χ0n) is 12.4. The normalized spacial score (nSPS) is 21.1. The second kappa shape index (κ2) is 8.66. The van der Waals surface area contributed by atoms with Gasteiger partial charge >= 0.3 is 0 Å². The Labute approximate surface area is 126 Å². The molecule has 1 fully saturated rings. The molecule has 0 bridgehead atoms. The van der Waals surface area contributed by atoms with Crippen LogP contribution in [0.1, 0.15) is 37.7 Å². The van der Waals surface area contributed by atoms with Gasteiger partial charge in [0.1, 0.15) is 5.75 Å². The van der Waals surface area contributed by atoms with Crippen LogP contribution in [0, 0.1) is 17.2 Å². The van der Waals surface area contributed by atoms with Crippen LogP contribution in [-0.4, -0.2) is 24.4 Å². The van der Waals surface area contributed by atoms with E-state index in [1.165, 1.54) is 5.56 Å². The van der Waals surface area contributed by atoms with Crippen LogP contribution < -0.4 is 10.1 Å². The molecule has 2 rings (SSSR count). The molecule has 1 aromatic carbocycles. The van der Waals surface area contributed by atoms with Crippen LogP contribution in [0.5, 0.6) is 5.75 Å². The summed E-state index contributed by atoms with van der Waals surface area (Å²) in [7, 11) is 0. The Morgan fingerprint density at radius 3 is 3.05 bits per heavy atom. The van der Waals surface area contributed by atoms with Crippen LogP contribution in [0.2, 0.25) is 0 Å². The van der Waals surface area contributed by atoms with Gasteiger partial charge in [-0.2, -0.15) is 5.26 Å². The molecule has 4 nitrogen and oxygen atoms in total. The lowest BCUT2D eigenvalue weighted by molar-refractivity contribution is 0.131. The lowest BCUT2D eigenvalue weighted by Crippen LogP contribution is -2.27. The Bertz CT molecular complexity index is 470. The number of hydrogen-bond acceptors (Lipinski definition) is 4. The maximum Gasteiger partial charge on any atom is 0.119 e. The molecule has 21 heavy (non-hydrogen) atoms. The van der Waals surface area contributed by atoms with Crippen molar-refractivity contribution in [2.24, 2.45) is 5.92 Å². The minimum Gasteiger partial charge on any atom is -0.494 e. The maximum atomic E-state index is 9.79. The highest BCUT2D eigenvalue weighted by Gasteiger charge is 2.24. The molecule has 2 atom stereocenters. The van der Waals surface area contributed by atoms with Gasteiger partial charge in [0.15, 0.2) is 0 Å². The van der Waals surface area contributed by atoms with Gasteiger partial charge in [0.05, 0.1) is 18.8 Å². The molecule has 0 radical (unpaired) electrons. The van der Waals surface area contributed by atoms with Crippen molar-refractivity contribution in [3.63, 3.8) is 0 Å². The summed E-state index contributed by atoms with van der Waals surface area (Å²) in [6.07, 6.45) is 4.37. The van der Waals surface area contributed by atoms with Gasteiger partial charge in [0.25, 0.3) is 0 Å². The molecule has 0 aliphatic heterocycles. The summed E-state index contributed by atoms with van der Waals surface area (Å²) in [5.74, 6) is 1.25. The summed E-state index contributed by atoms with van der Waals surface area (Å²) in [5.41, 5.74) is 1.18. The summed E-state index contributed by atoms with van der Waals surface area (Å²) in [5, 5.41) is 21.7. The third kappa shape index (κ3) is 5.37. The molecule has 0 amide bonds. The summed E-state index contributed by atoms with van der Waals surface area (Å²) in [4.78, 5) is 0. The van der Waals surface area contributed by atoms with Gasteiger partial charge in [-0.1, -0.05) is 18.6 Å². The van der Waals surface area contributed by atoms with Gasteiger partial charge in [0.2, 0.25) is 0 Å². The quantitative estimate of drug-likeness (QED) is 0.722. The highest BCUT2D eigenvalue weighted by molar-refractivity contribution is 5.28. The van der Waals surface area contributed by atoms with Crippen LogP contribution in [0.15, 0.2) is 24.3 Å². The Balaban J connectivity index is 1.71.